The van der Waals surface area contributed by atoms with Crippen LogP contribution in [0.5, 0.6) is 0 Å². The van der Waals surface area contributed by atoms with Gasteiger partial charge in [-0.1, -0.05) is 42.6 Å². The molecule has 0 bridgehead atoms. The number of rotatable bonds is 2. The smallest absolute Gasteiger partial charge is 0.228 e. The fourth-order valence-electron chi connectivity index (χ4n) is 3.31. The van der Waals surface area contributed by atoms with Gasteiger partial charge in [-0.25, -0.2) is 0 Å². The highest BCUT2D eigenvalue weighted by atomic mass is 79.9. The topological polar surface area (TPSA) is 20.3 Å². The van der Waals surface area contributed by atoms with E-state index in [1.165, 1.54) is 12.8 Å². The average molecular weight is 302 g/mol. The Morgan fingerprint density at radius 2 is 1.82 bits per heavy atom. The van der Waals surface area contributed by atoms with Crippen molar-refractivity contribution in [2.45, 2.75) is 57.2 Å². The maximum atomic E-state index is 12.5. The molecule has 98 valence electrons. The van der Waals surface area contributed by atoms with Gasteiger partial charge in [0, 0.05) is 23.3 Å². The van der Waals surface area contributed by atoms with E-state index in [-0.39, 0.29) is 5.41 Å². The summed E-state index contributed by atoms with van der Waals surface area (Å²) in [5.41, 5.74) is -0.0349. The number of amides is 1. The van der Waals surface area contributed by atoms with Crippen LogP contribution in [0.3, 0.4) is 0 Å². The van der Waals surface area contributed by atoms with Gasteiger partial charge < -0.3 is 4.90 Å². The molecule has 1 atom stereocenters. The number of hydrogen-bond donors (Lipinski definition) is 0. The molecule has 0 spiro atoms. The Balaban J connectivity index is 1.90. The third kappa shape index (κ3) is 2.86. The highest BCUT2D eigenvalue weighted by Gasteiger charge is 2.40. The lowest BCUT2D eigenvalue weighted by Crippen LogP contribution is -2.46. The normalized spacial score (nSPS) is 27.1. The van der Waals surface area contributed by atoms with E-state index >= 15 is 0 Å². The number of piperidine rings is 1. The number of halogens is 1. The van der Waals surface area contributed by atoms with Crippen LogP contribution in [0.4, 0.5) is 0 Å². The number of carbonyl (C=O) groups excluding carboxylic acids is 1. The van der Waals surface area contributed by atoms with Crippen molar-refractivity contribution in [2.24, 2.45) is 11.3 Å². The highest BCUT2D eigenvalue weighted by Crippen LogP contribution is 2.40. The maximum absolute atomic E-state index is 12.5. The number of likely N-dealkylation sites (tertiary alicyclic amines) is 1. The second-order valence-electron chi connectivity index (χ2n) is 6.07. The van der Waals surface area contributed by atoms with E-state index in [9.17, 15) is 4.79 Å². The van der Waals surface area contributed by atoms with Crippen LogP contribution < -0.4 is 0 Å². The molecule has 0 aromatic rings. The predicted molar refractivity (Wildman–Crippen MR) is 74.3 cm³/mol. The van der Waals surface area contributed by atoms with Crippen LogP contribution in [0, 0.1) is 11.3 Å². The highest BCUT2D eigenvalue weighted by molar-refractivity contribution is 9.09. The Morgan fingerprint density at radius 1 is 1.29 bits per heavy atom. The van der Waals surface area contributed by atoms with E-state index in [2.05, 4.69) is 34.7 Å². The zero-order chi connectivity index (χ0) is 12.5. The standard InChI is InChI=1S/C14H24BrNO/c1-11(15)12-5-9-16(10-6-12)13(17)14(2)7-3-4-8-14/h11-12H,3-10H2,1-2H3. The summed E-state index contributed by atoms with van der Waals surface area (Å²) in [6, 6.07) is 0. The van der Waals surface area contributed by atoms with Gasteiger partial charge in [-0.3, -0.25) is 4.79 Å². The van der Waals surface area contributed by atoms with Crippen LogP contribution in [0.2, 0.25) is 0 Å². The first-order valence-corrected chi connectivity index (χ1v) is 7.88. The van der Waals surface area contributed by atoms with E-state index in [0.29, 0.717) is 10.7 Å². The Hall–Kier alpha value is -0.0500. The van der Waals surface area contributed by atoms with Gasteiger partial charge in [0.25, 0.3) is 0 Å². The lowest BCUT2D eigenvalue weighted by atomic mass is 9.85. The van der Waals surface area contributed by atoms with E-state index in [4.69, 9.17) is 0 Å². The molecule has 0 aromatic heterocycles. The molecule has 2 aliphatic rings. The van der Waals surface area contributed by atoms with Crippen molar-refractivity contribution in [1.82, 2.24) is 4.90 Å². The maximum Gasteiger partial charge on any atom is 0.228 e. The number of nitrogens with zero attached hydrogens (tertiary/aromatic N) is 1. The summed E-state index contributed by atoms with van der Waals surface area (Å²) in [7, 11) is 0. The number of alkyl halides is 1. The SMILES string of the molecule is CC(Br)C1CCN(C(=O)C2(C)CCCC2)CC1. The summed E-state index contributed by atoms with van der Waals surface area (Å²) >= 11 is 3.67. The first-order valence-electron chi connectivity index (χ1n) is 6.96. The Kier molecular flexibility index (Phi) is 4.17. The predicted octanol–water partition coefficient (Wildman–Crippen LogP) is 3.59. The second kappa shape index (κ2) is 5.29. The van der Waals surface area contributed by atoms with Crippen LogP contribution >= 0.6 is 15.9 Å². The number of carbonyl (C=O) groups is 1. The molecule has 1 unspecified atom stereocenters. The van der Waals surface area contributed by atoms with Crippen molar-refractivity contribution in [1.29, 1.82) is 0 Å². The first-order chi connectivity index (χ1) is 8.03. The van der Waals surface area contributed by atoms with E-state index in [1.807, 2.05) is 0 Å². The lowest BCUT2D eigenvalue weighted by molar-refractivity contribution is -0.142. The summed E-state index contributed by atoms with van der Waals surface area (Å²) < 4.78 is 0. The molecule has 1 amide bonds. The molecule has 1 saturated heterocycles. The van der Waals surface area contributed by atoms with Gasteiger partial charge in [0.2, 0.25) is 5.91 Å². The Bertz CT molecular complexity index is 276. The molecular formula is C14H24BrNO. The zero-order valence-electron chi connectivity index (χ0n) is 11.0. The lowest BCUT2D eigenvalue weighted by Gasteiger charge is -2.37. The van der Waals surface area contributed by atoms with E-state index < -0.39 is 0 Å². The van der Waals surface area contributed by atoms with Gasteiger partial charge in [-0.05, 0) is 31.6 Å². The quantitative estimate of drug-likeness (QED) is 0.714. The molecule has 1 heterocycles. The van der Waals surface area contributed by atoms with Crippen molar-refractivity contribution in [3.63, 3.8) is 0 Å². The van der Waals surface area contributed by atoms with Crippen LogP contribution in [-0.4, -0.2) is 28.7 Å². The van der Waals surface area contributed by atoms with Gasteiger partial charge in [-0.2, -0.15) is 0 Å². The van der Waals surface area contributed by atoms with Crippen molar-refractivity contribution in [3.05, 3.63) is 0 Å². The molecule has 2 rings (SSSR count). The van der Waals surface area contributed by atoms with Crippen LogP contribution in [0.25, 0.3) is 0 Å². The van der Waals surface area contributed by atoms with Gasteiger partial charge in [0.15, 0.2) is 0 Å². The number of hydrogen-bond acceptors (Lipinski definition) is 1. The van der Waals surface area contributed by atoms with Crippen LogP contribution in [0.1, 0.15) is 52.4 Å². The minimum atomic E-state index is -0.0349. The minimum Gasteiger partial charge on any atom is -0.342 e. The second-order valence-corrected chi connectivity index (χ2v) is 7.52. The van der Waals surface area contributed by atoms with Crippen molar-refractivity contribution in [2.75, 3.05) is 13.1 Å². The van der Waals surface area contributed by atoms with E-state index in [1.54, 1.807) is 0 Å². The average Bonchev–Trinajstić information content (AvgIpc) is 2.76. The monoisotopic (exact) mass is 301 g/mol. The molecular weight excluding hydrogens is 278 g/mol. The molecule has 0 N–H and O–H groups in total. The summed E-state index contributed by atoms with van der Waals surface area (Å²) in [5.74, 6) is 1.17. The molecule has 2 nitrogen and oxygen atoms in total. The molecule has 1 aliphatic carbocycles. The Labute approximate surface area is 113 Å². The molecule has 0 radical (unpaired) electrons. The Morgan fingerprint density at radius 3 is 2.29 bits per heavy atom. The van der Waals surface area contributed by atoms with Crippen molar-refractivity contribution < 1.29 is 4.79 Å². The van der Waals surface area contributed by atoms with Gasteiger partial charge in [0.05, 0.1) is 0 Å². The fraction of sp³-hybridized carbons (Fsp3) is 0.929. The summed E-state index contributed by atoms with van der Waals surface area (Å²) in [4.78, 5) is 15.2. The third-order valence-corrected chi connectivity index (χ3v) is 5.45. The molecule has 1 saturated carbocycles. The van der Waals surface area contributed by atoms with Gasteiger partial charge in [0.1, 0.15) is 0 Å². The third-order valence-electron chi connectivity index (χ3n) is 4.70. The first kappa shape index (κ1) is 13.4. The molecule has 17 heavy (non-hydrogen) atoms. The fourth-order valence-corrected chi connectivity index (χ4v) is 3.84. The molecule has 1 aliphatic heterocycles. The van der Waals surface area contributed by atoms with Gasteiger partial charge >= 0.3 is 0 Å². The molecule has 3 heteroatoms. The largest absolute Gasteiger partial charge is 0.342 e. The summed E-state index contributed by atoms with van der Waals surface area (Å²) in [5, 5.41) is 0. The van der Waals surface area contributed by atoms with Crippen molar-refractivity contribution in [3.8, 4) is 0 Å². The summed E-state index contributed by atoms with van der Waals surface area (Å²) in [6.45, 7) is 6.33. The zero-order valence-corrected chi connectivity index (χ0v) is 12.6. The minimum absolute atomic E-state index is 0.0349. The van der Waals surface area contributed by atoms with Gasteiger partial charge in [-0.15, -0.1) is 0 Å². The molecule has 2 fully saturated rings. The van der Waals surface area contributed by atoms with Crippen LogP contribution in [0.15, 0.2) is 0 Å². The van der Waals surface area contributed by atoms with Crippen LogP contribution in [-0.2, 0) is 4.79 Å². The molecule has 0 aromatic carbocycles. The van der Waals surface area contributed by atoms with Crippen molar-refractivity contribution >= 4 is 21.8 Å². The summed E-state index contributed by atoms with van der Waals surface area (Å²) in [6.07, 6.45) is 6.98. The van der Waals surface area contributed by atoms with E-state index in [0.717, 1.165) is 44.7 Å².